The van der Waals surface area contributed by atoms with Crippen LogP contribution in [0.25, 0.3) is 277 Å². The average Bonchev–Trinajstić information content (AvgIpc) is 1.71. The van der Waals surface area contributed by atoms with E-state index in [9.17, 15) is 0 Å². The molecule has 1 aliphatic carbocycles. The minimum atomic E-state index is 0.549. The maximum atomic E-state index is 7.05. The molecule has 12 heteroatoms. The van der Waals surface area contributed by atoms with Crippen molar-refractivity contribution < 1.29 is 17.7 Å². The Kier molecular flexibility index (Phi) is 16.3. The first kappa shape index (κ1) is 74.1. The number of benzene rings is 20. The van der Waals surface area contributed by atoms with Gasteiger partial charge in [0, 0.05) is 98.1 Å². The van der Waals surface area contributed by atoms with E-state index in [2.05, 4.69) is 270 Å². The van der Waals surface area contributed by atoms with E-state index in [1.807, 2.05) is 152 Å². The van der Waals surface area contributed by atoms with Gasteiger partial charge in [0.05, 0.1) is 33.3 Å². The first-order chi connectivity index (χ1) is 65.9. The largest absolute Gasteiger partial charge is 0.456 e. The van der Waals surface area contributed by atoms with E-state index in [0.29, 0.717) is 34.9 Å². The highest BCUT2D eigenvalue weighted by molar-refractivity contribution is 6.27. The minimum Gasteiger partial charge on any atom is -0.456 e. The van der Waals surface area contributed by atoms with E-state index in [1.54, 1.807) is 0 Å². The second-order valence-corrected chi connectivity index (χ2v) is 34.6. The number of rotatable bonds is 10. The topological polar surface area (TPSA) is 140 Å². The summed E-state index contributed by atoms with van der Waals surface area (Å²) in [5, 5.41) is 20.5. The normalized spacial score (nSPS) is 12.2. The van der Waals surface area contributed by atoms with Crippen molar-refractivity contribution in [3.05, 3.63) is 424 Å². The van der Waals surface area contributed by atoms with Gasteiger partial charge in [0.1, 0.15) is 39.1 Å². The lowest BCUT2D eigenvalue weighted by molar-refractivity contribution is 0.664. The molecule has 0 saturated heterocycles. The molecule has 0 radical (unpaired) electrons. The summed E-state index contributed by atoms with van der Waals surface area (Å²) in [6.45, 7) is 0. The Bertz CT molecular complexity index is 9630. The Labute approximate surface area is 758 Å². The zero-order chi connectivity index (χ0) is 87.0. The minimum absolute atomic E-state index is 0.549. The Balaban J connectivity index is 0.000000133. The van der Waals surface area contributed by atoms with Crippen molar-refractivity contribution in [3.63, 3.8) is 0 Å². The van der Waals surface area contributed by atoms with Gasteiger partial charge in [-0.05, 0) is 205 Å². The van der Waals surface area contributed by atoms with Crippen LogP contribution in [0.5, 0.6) is 0 Å². The average molecular weight is 1700 g/mol. The van der Waals surface area contributed by atoms with E-state index >= 15 is 0 Å². The van der Waals surface area contributed by atoms with E-state index in [-0.39, 0.29) is 0 Å². The van der Waals surface area contributed by atoms with Gasteiger partial charge < -0.3 is 26.8 Å². The van der Waals surface area contributed by atoms with Gasteiger partial charge in [0.25, 0.3) is 0 Å². The number of hydrogen-bond donors (Lipinski definition) is 0. The fraction of sp³-hybridized carbons (Fsp3) is 0.00826. The summed E-state index contributed by atoms with van der Waals surface area (Å²) < 4.78 is 30.8. The van der Waals surface area contributed by atoms with Crippen molar-refractivity contribution in [1.29, 1.82) is 0 Å². The van der Waals surface area contributed by atoms with Crippen molar-refractivity contribution >= 4 is 164 Å². The van der Waals surface area contributed by atoms with E-state index in [0.717, 1.165) is 166 Å². The summed E-state index contributed by atoms with van der Waals surface area (Å²) in [4.78, 5) is 30.1. The highest BCUT2D eigenvalue weighted by Gasteiger charge is 2.28. The monoisotopic (exact) mass is 1700 g/mol. The number of fused-ring (bicyclic) bond motifs is 27. The van der Waals surface area contributed by atoms with Gasteiger partial charge in [-0.2, -0.15) is 0 Å². The number of para-hydroxylation sites is 6. The summed E-state index contributed by atoms with van der Waals surface area (Å²) in [7, 11) is 0. The molecule has 133 heavy (non-hydrogen) atoms. The van der Waals surface area contributed by atoms with Crippen LogP contribution in [0, 0.1) is 0 Å². The summed E-state index contributed by atoms with van der Waals surface area (Å²) >= 11 is 0. The Morgan fingerprint density at radius 1 is 0.173 bits per heavy atom. The number of aromatic nitrogens is 8. The van der Waals surface area contributed by atoms with Gasteiger partial charge >= 0.3 is 0 Å². The predicted octanol–water partition coefficient (Wildman–Crippen LogP) is 31.9. The molecule has 618 valence electrons. The van der Waals surface area contributed by atoms with Gasteiger partial charge in [0.15, 0.2) is 40.5 Å². The van der Waals surface area contributed by atoms with Crippen LogP contribution in [0.4, 0.5) is 0 Å². The third kappa shape index (κ3) is 11.9. The van der Waals surface area contributed by atoms with Crippen LogP contribution >= 0.6 is 0 Å². The molecule has 0 aliphatic heterocycles. The summed E-state index contributed by atoms with van der Waals surface area (Å²) in [5.41, 5.74) is 28.8. The predicted molar refractivity (Wildman–Crippen MR) is 542 cm³/mol. The van der Waals surface area contributed by atoms with Gasteiger partial charge in [-0.25, -0.2) is 29.9 Å². The third-order valence-electron chi connectivity index (χ3n) is 27.1. The molecule has 0 amide bonds. The molecule has 28 aromatic rings. The van der Waals surface area contributed by atoms with Gasteiger partial charge in [-0.3, -0.25) is 0 Å². The molecule has 12 nitrogen and oxygen atoms in total. The van der Waals surface area contributed by atoms with Crippen molar-refractivity contribution in [2.24, 2.45) is 0 Å². The van der Waals surface area contributed by atoms with Crippen LogP contribution in [-0.4, -0.2) is 39.0 Å². The molecule has 0 fully saturated rings. The van der Waals surface area contributed by atoms with Crippen LogP contribution in [0.2, 0.25) is 0 Å². The SMILES string of the molecule is c1ccc(-c2nc(-c3ccccc3)nc(-c3ccc4c5ccc(-n6c7ccccc7c7cc(-c8ccc9c(c8)-c8cc%10oc%11ccccc%11c%10cc8C9)ccc76)cc5c5ccccc5c4c3)n2)cc1.c1ccc(-c2nc(-c3ccccc3)nc(-c3cccc4c3oc3c(-n5c6ccccc6c6cc(-c7ccc8oc9cc%10c(cc9c8c7)oc7ccccc7%10)ccc65)cccc34)n2)cc1. The number of furan rings is 4. The highest BCUT2D eigenvalue weighted by Crippen LogP contribution is 2.49. The molecule has 0 atom stereocenters. The van der Waals surface area contributed by atoms with Gasteiger partial charge in [0.2, 0.25) is 0 Å². The molecule has 8 aromatic heterocycles. The maximum Gasteiger partial charge on any atom is 0.167 e. The first-order valence-corrected chi connectivity index (χ1v) is 44.9. The Hall–Kier alpha value is -18.0. The highest BCUT2D eigenvalue weighted by atomic mass is 16.3. The number of nitrogens with zero attached hydrogens (tertiary/aromatic N) is 8. The molecule has 0 saturated carbocycles. The fourth-order valence-corrected chi connectivity index (χ4v) is 20.8. The molecule has 29 rings (SSSR count). The smallest absolute Gasteiger partial charge is 0.167 e. The number of hydrogen-bond acceptors (Lipinski definition) is 10. The molecule has 20 aromatic carbocycles. The van der Waals surface area contributed by atoms with Crippen LogP contribution in [0.1, 0.15) is 11.1 Å². The van der Waals surface area contributed by atoms with E-state index < -0.39 is 0 Å². The van der Waals surface area contributed by atoms with Crippen molar-refractivity contribution in [3.8, 4) is 113 Å². The molecule has 0 unspecified atom stereocenters. The van der Waals surface area contributed by atoms with E-state index in [4.69, 9.17) is 47.6 Å². The Morgan fingerprint density at radius 2 is 0.549 bits per heavy atom. The third-order valence-corrected chi connectivity index (χ3v) is 27.1. The lowest BCUT2D eigenvalue weighted by Crippen LogP contribution is -2.00. The lowest BCUT2D eigenvalue weighted by Gasteiger charge is -2.15. The lowest BCUT2D eigenvalue weighted by atomic mass is 9.93. The first-order valence-electron chi connectivity index (χ1n) is 44.9. The van der Waals surface area contributed by atoms with Crippen LogP contribution in [0.3, 0.4) is 0 Å². The van der Waals surface area contributed by atoms with Crippen molar-refractivity contribution in [2.45, 2.75) is 6.42 Å². The molecule has 0 bridgehead atoms. The molecular formula is C121H70N8O4. The van der Waals surface area contributed by atoms with Crippen LogP contribution < -0.4 is 0 Å². The van der Waals surface area contributed by atoms with Crippen molar-refractivity contribution in [2.75, 3.05) is 0 Å². The summed E-state index contributed by atoms with van der Waals surface area (Å²) in [5.74, 6) is 3.70. The molecule has 1 aliphatic rings. The molecule has 0 N–H and O–H groups in total. The molecule has 0 spiro atoms. The second-order valence-electron chi connectivity index (χ2n) is 34.6. The second kappa shape index (κ2) is 29.3. The van der Waals surface area contributed by atoms with Gasteiger partial charge in [-0.15, -0.1) is 0 Å². The zero-order valence-electron chi connectivity index (χ0n) is 71.2. The van der Waals surface area contributed by atoms with Gasteiger partial charge in [-0.1, -0.05) is 291 Å². The maximum absolute atomic E-state index is 7.05. The molecule has 8 heterocycles. The Morgan fingerprint density at radius 3 is 1.14 bits per heavy atom. The van der Waals surface area contributed by atoms with Crippen molar-refractivity contribution in [1.82, 2.24) is 39.0 Å². The quantitative estimate of drug-likeness (QED) is 0.122. The van der Waals surface area contributed by atoms with Crippen LogP contribution in [0.15, 0.2) is 430 Å². The fourth-order valence-electron chi connectivity index (χ4n) is 20.8. The van der Waals surface area contributed by atoms with E-state index in [1.165, 1.54) is 92.9 Å². The standard InChI is InChI=1S/C64H38N4O.C57H32N4O3/c1-3-13-38(14-4-1)62-65-63(39-15-5-2-6-16-39)67-64(66-62)43-25-28-48-49-29-27-45(36-55(49)47-18-8-7-17-46(47)54(48)34-43)68-58-21-11-9-19-50(58)56-33-41(26-30-59(56)68)40-23-24-42-31-44-35-57-51-20-10-12-22-60(51)69-61(57)37-53(44)52(42)32-40;1-3-13-33(14-4-1)55-58-56(34-15-5-2-6-16-34)60-57(59-55)41-21-11-19-39-40-20-12-23-48(54(40)64-53(39)41)61-46-22-9-7-17-37(46)42-29-35(25-27-47(42)61)36-26-28-50-43(30-36)45-32-51-44(31-52(45)63-50)38-18-8-10-24-49(38)62-51/h1-30,32-37H,31H2;1-32H. The summed E-state index contributed by atoms with van der Waals surface area (Å²) in [6.07, 6.45) is 0.928. The molecular weight excluding hydrogens is 1630 g/mol. The zero-order valence-corrected chi connectivity index (χ0v) is 71.2. The van der Waals surface area contributed by atoms with Crippen LogP contribution in [-0.2, 0) is 6.42 Å². The summed E-state index contributed by atoms with van der Waals surface area (Å²) in [6, 6.07) is 145.